The molecule has 0 fully saturated rings. The van der Waals surface area contributed by atoms with Gasteiger partial charge in [0.2, 0.25) is 0 Å². The van der Waals surface area contributed by atoms with E-state index in [9.17, 15) is 4.79 Å². The number of hydrogen-bond acceptors (Lipinski definition) is 4. The van der Waals surface area contributed by atoms with Crippen LogP contribution in [0.1, 0.15) is 5.56 Å². The van der Waals surface area contributed by atoms with Gasteiger partial charge in [0.15, 0.2) is 5.58 Å². The molecule has 0 saturated heterocycles. The number of oxazole rings is 1. The third-order valence-corrected chi connectivity index (χ3v) is 3.53. The smallest absolute Gasteiger partial charge is 0.408 e. The van der Waals surface area contributed by atoms with Crippen LogP contribution in [0.3, 0.4) is 0 Å². The van der Waals surface area contributed by atoms with E-state index in [1.165, 1.54) is 4.57 Å². The van der Waals surface area contributed by atoms with Gasteiger partial charge in [-0.15, -0.1) is 0 Å². The van der Waals surface area contributed by atoms with Crippen molar-refractivity contribution in [3.8, 4) is 0 Å². The zero-order valence-corrected chi connectivity index (χ0v) is 12.3. The molecule has 0 aliphatic heterocycles. The van der Waals surface area contributed by atoms with E-state index in [1.807, 2.05) is 30.3 Å². The van der Waals surface area contributed by atoms with Crippen molar-refractivity contribution in [3.05, 3.63) is 57.1 Å². The van der Waals surface area contributed by atoms with E-state index in [0.717, 1.165) is 21.4 Å². The van der Waals surface area contributed by atoms with Crippen molar-refractivity contribution in [3.63, 3.8) is 0 Å². The Morgan fingerprint density at radius 1 is 1.35 bits per heavy atom. The number of halogens is 1. The van der Waals surface area contributed by atoms with Crippen molar-refractivity contribution in [2.75, 3.05) is 5.32 Å². The fourth-order valence-corrected chi connectivity index (χ4v) is 2.20. The van der Waals surface area contributed by atoms with E-state index in [1.54, 1.807) is 13.2 Å². The summed E-state index contributed by atoms with van der Waals surface area (Å²) in [7, 11) is 1.69. The van der Waals surface area contributed by atoms with Crippen molar-refractivity contribution in [2.45, 2.75) is 6.54 Å². The predicted octanol–water partition coefficient (Wildman–Crippen LogP) is 2.90. The minimum absolute atomic E-state index is 0.348. The number of nitrogens with zero attached hydrogens (tertiary/aromatic N) is 2. The van der Waals surface area contributed by atoms with E-state index >= 15 is 0 Å². The Bertz CT molecular complexity index is 805. The van der Waals surface area contributed by atoms with Crippen LogP contribution >= 0.6 is 15.9 Å². The third-order valence-electron chi connectivity index (χ3n) is 3.06. The van der Waals surface area contributed by atoms with Gasteiger partial charge in [-0.05, 0) is 45.8 Å². The number of fused-ring (bicyclic) bond motifs is 1. The van der Waals surface area contributed by atoms with Crippen molar-refractivity contribution in [1.29, 1.82) is 0 Å². The zero-order chi connectivity index (χ0) is 14.1. The highest BCUT2D eigenvalue weighted by Crippen LogP contribution is 2.16. The predicted molar refractivity (Wildman–Crippen MR) is 80.7 cm³/mol. The minimum atomic E-state index is -0.348. The highest BCUT2D eigenvalue weighted by Gasteiger charge is 2.06. The van der Waals surface area contributed by atoms with E-state index in [0.29, 0.717) is 12.1 Å². The van der Waals surface area contributed by atoms with Gasteiger partial charge in [0.05, 0.1) is 5.52 Å². The largest absolute Gasteiger partial charge is 0.419 e. The summed E-state index contributed by atoms with van der Waals surface area (Å²) < 4.78 is 7.59. The first-order chi connectivity index (χ1) is 9.63. The molecular weight excluding hydrogens is 322 g/mol. The van der Waals surface area contributed by atoms with Gasteiger partial charge in [0.1, 0.15) is 5.82 Å². The van der Waals surface area contributed by atoms with Crippen LogP contribution in [-0.2, 0) is 13.6 Å². The van der Waals surface area contributed by atoms with Crippen molar-refractivity contribution < 1.29 is 4.42 Å². The number of hydrogen-bond donors (Lipinski definition) is 1. The molecule has 6 heteroatoms. The lowest BCUT2D eigenvalue weighted by molar-refractivity contribution is 0.528. The van der Waals surface area contributed by atoms with Gasteiger partial charge in [-0.1, -0.05) is 6.07 Å². The van der Waals surface area contributed by atoms with E-state index < -0.39 is 0 Å². The number of benzene rings is 1. The average Bonchev–Trinajstić information content (AvgIpc) is 2.73. The molecule has 2 aromatic heterocycles. The second-order valence-corrected chi connectivity index (χ2v) is 5.36. The number of aryl methyl sites for hydroxylation is 1. The summed E-state index contributed by atoms with van der Waals surface area (Å²) in [6.07, 6.45) is 1.74. The summed E-state index contributed by atoms with van der Waals surface area (Å²) in [5.41, 5.74) is 2.41. The molecule has 2 heterocycles. The number of anilines is 1. The molecule has 0 aliphatic rings. The fraction of sp³-hybridized carbons (Fsp3) is 0.143. The molecular formula is C14H12BrN3O2. The second kappa shape index (κ2) is 5.13. The van der Waals surface area contributed by atoms with Crippen LogP contribution in [0.5, 0.6) is 0 Å². The molecule has 0 saturated carbocycles. The van der Waals surface area contributed by atoms with Crippen molar-refractivity contribution >= 4 is 32.8 Å². The summed E-state index contributed by atoms with van der Waals surface area (Å²) in [5.74, 6) is 0.447. The Hall–Kier alpha value is -2.08. The molecule has 3 aromatic rings. The van der Waals surface area contributed by atoms with Crippen LogP contribution in [0.15, 0.2) is 50.2 Å². The molecule has 102 valence electrons. The van der Waals surface area contributed by atoms with Crippen LogP contribution < -0.4 is 11.1 Å². The number of pyridine rings is 1. The number of rotatable bonds is 3. The lowest BCUT2D eigenvalue weighted by Crippen LogP contribution is -2.08. The first kappa shape index (κ1) is 12.9. The van der Waals surface area contributed by atoms with Crippen LogP contribution in [0, 0.1) is 0 Å². The Kier molecular flexibility index (Phi) is 3.31. The molecule has 0 spiro atoms. The Morgan fingerprint density at radius 2 is 2.20 bits per heavy atom. The summed E-state index contributed by atoms with van der Waals surface area (Å²) in [4.78, 5) is 15.7. The van der Waals surface area contributed by atoms with E-state index in [2.05, 4.69) is 26.2 Å². The first-order valence-electron chi connectivity index (χ1n) is 6.07. The Balaban J connectivity index is 1.81. The van der Waals surface area contributed by atoms with Gasteiger partial charge in [-0.25, -0.2) is 9.78 Å². The summed E-state index contributed by atoms with van der Waals surface area (Å²) in [6.45, 7) is 0.614. The van der Waals surface area contributed by atoms with E-state index in [-0.39, 0.29) is 5.76 Å². The van der Waals surface area contributed by atoms with Crippen LogP contribution in [-0.4, -0.2) is 9.55 Å². The summed E-state index contributed by atoms with van der Waals surface area (Å²) in [5, 5.41) is 3.22. The van der Waals surface area contributed by atoms with Crippen LogP contribution in [0.25, 0.3) is 11.1 Å². The van der Waals surface area contributed by atoms with Crippen LogP contribution in [0.2, 0.25) is 0 Å². The molecule has 3 rings (SSSR count). The molecule has 5 nitrogen and oxygen atoms in total. The average molecular weight is 334 g/mol. The molecule has 0 aliphatic carbocycles. The van der Waals surface area contributed by atoms with Gasteiger partial charge in [0.25, 0.3) is 0 Å². The standard InChI is InChI=1S/C14H12BrN3O2/c1-18-11-4-2-9(6-12(11)20-14(18)19)7-16-13-5-3-10(15)8-17-13/h2-6,8H,7H2,1H3,(H,16,17). The second-order valence-electron chi connectivity index (χ2n) is 4.44. The lowest BCUT2D eigenvalue weighted by Gasteiger charge is -2.05. The maximum atomic E-state index is 11.4. The van der Waals surface area contributed by atoms with Gasteiger partial charge >= 0.3 is 5.76 Å². The topological polar surface area (TPSA) is 60.1 Å². The minimum Gasteiger partial charge on any atom is -0.408 e. The fourth-order valence-electron chi connectivity index (χ4n) is 1.96. The third kappa shape index (κ3) is 2.46. The molecule has 0 radical (unpaired) electrons. The molecule has 1 aromatic carbocycles. The maximum Gasteiger partial charge on any atom is 0.419 e. The van der Waals surface area contributed by atoms with Gasteiger partial charge < -0.3 is 9.73 Å². The zero-order valence-electron chi connectivity index (χ0n) is 10.8. The monoisotopic (exact) mass is 333 g/mol. The van der Waals surface area contributed by atoms with Gasteiger partial charge in [0, 0.05) is 24.3 Å². The molecule has 20 heavy (non-hydrogen) atoms. The van der Waals surface area contributed by atoms with Crippen molar-refractivity contribution in [2.24, 2.45) is 7.05 Å². The molecule has 0 unspecified atom stereocenters. The van der Waals surface area contributed by atoms with E-state index in [4.69, 9.17) is 4.42 Å². The van der Waals surface area contributed by atoms with Gasteiger partial charge in [-0.3, -0.25) is 4.57 Å². The Morgan fingerprint density at radius 3 is 2.95 bits per heavy atom. The van der Waals surface area contributed by atoms with Crippen molar-refractivity contribution in [1.82, 2.24) is 9.55 Å². The molecule has 1 N–H and O–H groups in total. The normalized spacial score (nSPS) is 10.9. The first-order valence-corrected chi connectivity index (χ1v) is 6.87. The SMILES string of the molecule is Cn1c(=O)oc2cc(CNc3ccc(Br)cn3)ccc21. The van der Waals surface area contributed by atoms with Gasteiger partial charge in [-0.2, -0.15) is 0 Å². The summed E-state index contributed by atoms with van der Waals surface area (Å²) >= 11 is 3.34. The number of aromatic nitrogens is 2. The maximum absolute atomic E-state index is 11.4. The highest BCUT2D eigenvalue weighted by atomic mass is 79.9. The van der Waals surface area contributed by atoms with Crippen LogP contribution in [0.4, 0.5) is 5.82 Å². The number of nitrogens with one attached hydrogen (secondary N) is 1. The quantitative estimate of drug-likeness (QED) is 0.800. The molecule has 0 atom stereocenters. The molecule has 0 bridgehead atoms. The summed E-state index contributed by atoms with van der Waals surface area (Å²) in [6, 6.07) is 9.53. The Labute approximate surface area is 123 Å². The highest BCUT2D eigenvalue weighted by molar-refractivity contribution is 9.10. The molecule has 0 amide bonds. The lowest BCUT2D eigenvalue weighted by atomic mass is 10.2.